The average molecular weight is 263 g/mol. The highest BCUT2D eigenvalue weighted by Gasteiger charge is 2.11. The number of urea groups is 1. The molecule has 1 aromatic rings. The normalized spacial score (nSPS) is 10.9. The standard InChI is InChI=1S/C15H25N3O/c1-11(2)13-8-6-7-12(3)14(13)17-15(19)16-9-10-18(4)5/h6-8,11H,9-10H2,1-5H3,(H2,16,17,19). The van der Waals surface area contributed by atoms with E-state index in [-0.39, 0.29) is 6.03 Å². The van der Waals surface area contributed by atoms with Crippen LogP contribution in [0.15, 0.2) is 18.2 Å². The van der Waals surface area contributed by atoms with E-state index in [1.165, 1.54) is 5.56 Å². The van der Waals surface area contributed by atoms with Crippen LogP contribution in [0, 0.1) is 6.92 Å². The third-order valence-corrected chi connectivity index (χ3v) is 3.01. The second-order valence-corrected chi connectivity index (χ2v) is 5.38. The van der Waals surface area contributed by atoms with Gasteiger partial charge in [-0.3, -0.25) is 0 Å². The van der Waals surface area contributed by atoms with Crippen molar-refractivity contribution in [2.45, 2.75) is 26.7 Å². The Hall–Kier alpha value is -1.55. The number of benzene rings is 1. The highest BCUT2D eigenvalue weighted by atomic mass is 16.2. The zero-order chi connectivity index (χ0) is 14.4. The van der Waals surface area contributed by atoms with E-state index < -0.39 is 0 Å². The maximum atomic E-state index is 11.9. The van der Waals surface area contributed by atoms with Crippen LogP contribution < -0.4 is 10.6 Å². The lowest BCUT2D eigenvalue weighted by Gasteiger charge is -2.17. The molecule has 1 rings (SSSR count). The minimum Gasteiger partial charge on any atom is -0.337 e. The molecule has 0 saturated heterocycles. The fourth-order valence-electron chi connectivity index (χ4n) is 1.89. The van der Waals surface area contributed by atoms with Gasteiger partial charge in [-0.2, -0.15) is 0 Å². The Morgan fingerprint density at radius 3 is 2.58 bits per heavy atom. The number of amides is 2. The quantitative estimate of drug-likeness (QED) is 0.858. The van der Waals surface area contributed by atoms with E-state index in [2.05, 4.69) is 30.5 Å². The zero-order valence-electron chi connectivity index (χ0n) is 12.6. The van der Waals surface area contributed by atoms with E-state index in [4.69, 9.17) is 0 Å². The van der Waals surface area contributed by atoms with Crippen molar-refractivity contribution in [2.75, 3.05) is 32.5 Å². The summed E-state index contributed by atoms with van der Waals surface area (Å²) in [6.07, 6.45) is 0. The van der Waals surface area contributed by atoms with Crippen LogP contribution in [0.3, 0.4) is 0 Å². The van der Waals surface area contributed by atoms with Gasteiger partial charge in [0, 0.05) is 18.8 Å². The third-order valence-electron chi connectivity index (χ3n) is 3.01. The van der Waals surface area contributed by atoms with E-state index in [1.54, 1.807) is 0 Å². The van der Waals surface area contributed by atoms with Gasteiger partial charge in [0.2, 0.25) is 0 Å². The van der Waals surface area contributed by atoms with Gasteiger partial charge in [-0.25, -0.2) is 4.79 Å². The summed E-state index contributed by atoms with van der Waals surface area (Å²) in [5.41, 5.74) is 3.19. The molecular formula is C15H25N3O. The lowest BCUT2D eigenvalue weighted by atomic mass is 9.98. The molecule has 0 bridgehead atoms. The molecule has 1 aromatic carbocycles. The number of hydrogen-bond acceptors (Lipinski definition) is 2. The van der Waals surface area contributed by atoms with Crippen molar-refractivity contribution in [3.05, 3.63) is 29.3 Å². The summed E-state index contributed by atoms with van der Waals surface area (Å²) < 4.78 is 0. The Bertz CT molecular complexity index is 427. The Morgan fingerprint density at radius 1 is 1.32 bits per heavy atom. The number of anilines is 1. The average Bonchev–Trinajstić information content (AvgIpc) is 2.30. The third kappa shape index (κ3) is 4.91. The minimum atomic E-state index is -0.141. The van der Waals surface area contributed by atoms with Crippen LogP contribution >= 0.6 is 0 Å². The molecule has 106 valence electrons. The molecule has 0 aliphatic heterocycles. The topological polar surface area (TPSA) is 44.4 Å². The van der Waals surface area contributed by atoms with Gasteiger partial charge in [0.1, 0.15) is 0 Å². The van der Waals surface area contributed by atoms with Gasteiger partial charge in [0.15, 0.2) is 0 Å². The smallest absolute Gasteiger partial charge is 0.319 e. The van der Waals surface area contributed by atoms with Crippen LogP contribution in [-0.2, 0) is 0 Å². The monoisotopic (exact) mass is 263 g/mol. The fraction of sp³-hybridized carbons (Fsp3) is 0.533. The van der Waals surface area contributed by atoms with Crippen LogP contribution in [0.1, 0.15) is 30.9 Å². The number of para-hydroxylation sites is 1. The molecule has 0 fully saturated rings. The number of carbonyl (C=O) groups excluding carboxylic acids is 1. The molecular weight excluding hydrogens is 238 g/mol. The van der Waals surface area contributed by atoms with Crippen LogP contribution in [0.5, 0.6) is 0 Å². The van der Waals surface area contributed by atoms with Crippen molar-refractivity contribution in [3.63, 3.8) is 0 Å². The van der Waals surface area contributed by atoms with Crippen molar-refractivity contribution in [3.8, 4) is 0 Å². The van der Waals surface area contributed by atoms with Gasteiger partial charge >= 0.3 is 6.03 Å². The van der Waals surface area contributed by atoms with Gasteiger partial charge in [0.05, 0.1) is 0 Å². The summed E-state index contributed by atoms with van der Waals surface area (Å²) in [5, 5.41) is 5.83. The van der Waals surface area contributed by atoms with Crippen LogP contribution in [0.4, 0.5) is 10.5 Å². The first-order valence-corrected chi connectivity index (χ1v) is 6.71. The number of aryl methyl sites for hydroxylation is 1. The lowest BCUT2D eigenvalue weighted by molar-refractivity contribution is 0.250. The molecule has 2 amide bonds. The van der Waals surface area contributed by atoms with E-state index in [0.717, 1.165) is 17.8 Å². The highest BCUT2D eigenvalue weighted by Crippen LogP contribution is 2.27. The van der Waals surface area contributed by atoms with Crippen molar-refractivity contribution in [1.29, 1.82) is 0 Å². The number of rotatable bonds is 5. The SMILES string of the molecule is Cc1cccc(C(C)C)c1NC(=O)NCCN(C)C. The summed E-state index contributed by atoms with van der Waals surface area (Å²) in [7, 11) is 3.97. The number of likely N-dealkylation sites (N-methyl/N-ethyl adjacent to an activating group) is 1. The molecule has 0 spiro atoms. The summed E-state index contributed by atoms with van der Waals surface area (Å²) in [4.78, 5) is 13.9. The molecule has 0 unspecified atom stereocenters. The van der Waals surface area contributed by atoms with Gasteiger partial charge in [0.25, 0.3) is 0 Å². The van der Waals surface area contributed by atoms with Gasteiger partial charge in [-0.05, 0) is 38.1 Å². The van der Waals surface area contributed by atoms with E-state index in [0.29, 0.717) is 12.5 Å². The summed E-state index contributed by atoms with van der Waals surface area (Å²) in [6.45, 7) is 7.75. The van der Waals surface area contributed by atoms with E-state index >= 15 is 0 Å². The summed E-state index contributed by atoms with van der Waals surface area (Å²) in [5.74, 6) is 0.386. The van der Waals surface area contributed by atoms with Crippen molar-refractivity contribution in [1.82, 2.24) is 10.2 Å². The minimum absolute atomic E-state index is 0.141. The summed E-state index contributed by atoms with van der Waals surface area (Å²) in [6, 6.07) is 5.96. The van der Waals surface area contributed by atoms with Crippen LogP contribution in [0.2, 0.25) is 0 Å². The van der Waals surface area contributed by atoms with Gasteiger partial charge < -0.3 is 15.5 Å². The maximum absolute atomic E-state index is 11.9. The fourth-order valence-corrected chi connectivity index (χ4v) is 1.89. The van der Waals surface area contributed by atoms with Crippen LogP contribution in [-0.4, -0.2) is 38.1 Å². The largest absolute Gasteiger partial charge is 0.337 e. The molecule has 2 N–H and O–H groups in total. The molecule has 0 heterocycles. The summed E-state index contributed by atoms with van der Waals surface area (Å²) >= 11 is 0. The number of nitrogens with zero attached hydrogens (tertiary/aromatic N) is 1. The van der Waals surface area contributed by atoms with Crippen molar-refractivity contribution < 1.29 is 4.79 Å². The molecule has 0 aliphatic rings. The zero-order valence-corrected chi connectivity index (χ0v) is 12.6. The molecule has 0 aliphatic carbocycles. The second-order valence-electron chi connectivity index (χ2n) is 5.38. The van der Waals surface area contributed by atoms with E-state index in [9.17, 15) is 4.79 Å². The van der Waals surface area contributed by atoms with Crippen molar-refractivity contribution in [2.24, 2.45) is 0 Å². The molecule has 0 aromatic heterocycles. The first-order valence-electron chi connectivity index (χ1n) is 6.71. The first-order chi connectivity index (χ1) is 8.91. The second kappa shape index (κ2) is 7.14. The maximum Gasteiger partial charge on any atom is 0.319 e. The molecule has 4 nitrogen and oxygen atoms in total. The van der Waals surface area contributed by atoms with Crippen LogP contribution in [0.25, 0.3) is 0 Å². The Kier molecular flexibility index (Phi) is 5.83. The number of hydrogen-bond donors (Lipinski definition) is 2. The van der Waals surface area contributed by atoms with Crippen molar-refractivity contribution >= 4 is 11.7 Å². The van der Waals surface area contributed by atoms with Gasteiger partial charge in [-0.15, -0.1) is 0 Å². The predicted octanol–water partition coefficient (Wildman–Crippen LogP) is 2.80. The molecule has 4 heteroatoms. The Balaban J connectivity index is 2.68. The molecule has 0 saturated carbocycles. The number of nitrogens with one attached hydrogen (secondary N) is 2. The molecule has 0 radical (unpaired) electrons. The number of carbonyl (C=O) groups is 1. The first kappa shape index (κ1) is 15.5. The van der Waals surface area contributed by atoms with E-state index in [1.807, 2.05) is 38.1 Å². The molecule has 0 atom stereocenters. The molecule has 19 heavy (non-hydrogen) atoms. The Morgan fingerprint density at radius 2 is 2.00 bits per heavy atom. The predicted molar refractivity (Wildman–Crippen MR) is 80.8 cm³/mol. The Labute approximate surface area is 116 Å². The van der Waals surface area contributed by atoms with Gasteiger partial charge in [-0.1, -0.05) is 32.0 Å². The highest BCUT2D eigenvalue weighted by molar-refractivity contribution is 5.91. The lowest BCUT2D eigenvalue weighted by Crippen LogP contribution is -2.34.